The maximum absolute atomic E-state index is 13.3. The van der Waals surface area contributed by atoms with Crippen LogP contribution in [-0.2, 0) is 9.47 Å². The zero-order valence-corrected chi connectivity index (χ0v) is 22.5. The third-order valence-corrected chi connectivity index (χ3v) is 7.39. The van der Waals surface area contributed by atoms with E-state index < -0.39 is 26.1 Å². The van der Waals surface area contributed by atoms with Crippen LogP contribution in [0.5, 0.6) is 5.75 Å². The van der Waals surface area contributed by atoms with E-state index in [-0.39, 0.29) is 22.5 Å². The molecule has 3 rings (SSSR count). The molecule has 35 heavy (non-hydrogen) atoms. The number of anilines is 1. The summed E-state index contributed by atoms with van der Waals surface area (Å²) in [7, 11) is -1.14. The lowest BCUT2D eigenvalue weighted by atomic mass is 10.1. The fourth-order valence-electron chi connectivity index (χ4n) is 3.10. The Hall–Kier alpha value is -2.52. The summed E-state index contributed by atoms with van der Waals surface area (Å²) >= 11 is 12.3. The van der Waals surface area contributed by atoms with Crippen molar-refractivity contribution in [2.45, 2.75) is 38.7 Å². The van der Waals surface area contributed by atoms with Crippen molar-refractivity contribution in [3.05, 3.63) is 70.2 Å². The molecule has 1 amide bonds. The van der Waals surface area contributed by atoms with Crippen LogP contribution in [0.15, 0.2) is 53.1 Å². The molecule has 1 atom stereocenters. The number of amides is 1. The molecule has 0 saturated carbocycles. The molecule has 188 valence electrons. The smallest absolute Gasteiger partial charge is 0.412 e. The van der Waals surface area contributed by atoms with E-state index in [1.165, 1.54) is 18.4 Å². The fourth-order valence-corrected chi connectivity index (χ4v) is 4.36. The molecule has 2 aromatic carbocycles. The standard InChI is InChI=1S/C25H28Cl2FNO5Si/c1-16(20-10-7-18(28)13-21(20)26)34-25(30)29-23-22(27)14-32-24(23)17-5-8-19(9-6-17)33-15-31-11-12-35(2,3)4/h5-10,13-14,16H,11-12,15H2,1-4H3,(H,29,30)/t16-/m1/s1. The maximum atomic E-state index is 13.3. The van der Waals surface area contributed by atoms with Gasteiger partial charge in [0, 0.05) is 25.8 Å². The number of carbonyl (C=O) groups excluding carboxylic acids is 1. The van der Waals surface area contributed by atoms with Crippen molar-refractivity contribution >= 4 is 43.1 Å². The van der Waals surface area contributed by atoms with E-state index in [0.717, 1.165) is 12.1 Å². The molecule has 6 nitrogen and oxygen atoms in total. The van der Waals surface area contributed by atoms with Crippen LogP contribution in [0.3, 0.4) is 0 Å². The second kappa shape index (κ2) is 11.9. The molecule has 0 saturated heterocycles. The van der Waals surface area contributed by atoms with E-state index in [1.54, 1.807) is 31.2 Å². The average Bonchev–Trinajstić information content (AvgIpc) is 3.13. The number of ether oxygens (including phenoxy) is 3. The first-order valence-electron chi connectivity index (χ1n) is 11.0. The molecule has 1 heterocycles. The Kier molecular flexibility index (Phi) is 9.24. The van der Waals surface area contributed by atoms with E-state index in [9.17, 15) is 9.18 Å². The van der Waals surface area contributed by atoms with Crippen molar-refractivity contribution in [2.75, 3.05) is 18.7 Å². The Bertz CT molecular complexity index is 1150. The first-order valence-corrected chi connectivity index (χ1v) is 15.5. The Balaban J connectivity index is 1.60. The van der Waals surface area contributed by atoms with Gasteiger partial charge in [0.05, 0.1) is 5.02 Å². The zero-order chi connectivity index (χ0) is 25.6. The number of furan rings is 1. The quantitative estimate of drug-likeness (QED) is 0.159. The summed E-state index contributed by atoms with van der Waals surface area (Å²) in [6.45, 7) is 9.36. The van der Waals surface area contributed by atoms with Crippen LogP contribution in [0.25, 0.3) is 11.3 Å². The highest BCUT2D eigenvalue weighted by molar-refractivity contribution is 6.76. The third kappa shape index (κ3) is 8.00. The lowest BCUT2D eigenvalue weighted by Gasteiger charge is -2.16. The van der Waals surface area contributed by atoms with E-state index in [4.69, 9.17) is 41.8 Å². The van der Waals surface area contributed by atoms with Crippen LogP contribution < -0.4 is 10.1 Å². The van der Waals surface area contributed by atoms with Gasteiger partial charge >= 0.3 is 6.09 Å². The summed E-state index contributed by atoms with van der Waals surface area (Å²) in [6.07, 6.45) is -0.164. The largest absolute Gasteiger partial charge is 0.468 e. The highest BCUT2D eigenvalue weighted by atomic mass is 35.5. The van der Waals surface area contributed by atoms with E-state index in [1.807, 2.05) is 0 Å². The highest BCUT2D eigenvalue weighted by Crippen LogP contribution is 2.37. The van der Waals surface area contributed by atoms with Gasteiger partial charge < -0.3 is 18.6 Å². The predicted octanol–water partition coefficient (Wildman–Crippen LogP) is 8.39. The Labute approximate surface area is 215 Å². The van der Waals surface area contributed by atoms with Crippen LogP contribution in [0, 0.1) is 5.82 Å². The van der Waals surface area contributed by atoms with Crippen molar-refractivity contribution in [3.8, 4) is 17.1 Å². The van der Waals surface area contributed by atoms with Crippen molar-refractivity contribution in [2.24, 2.45) is 0 Å². The normalized spacial score (nSPS) is 12.3. The predicted molar refractivity (Wildman–Crippen MR) is 139 cm³/mol. The molecule has 0 aliphatic rings. The number of carbonyl (C=O) groups is 1. The fraction of sp³-hybridized carbons (Fsp3) is 0.320. The van der Waals surface area contributed by atoms with Crippen LogP contribution in [-0.4, -0.2) is 27.6 Å². The Morgan fingerprint density at radius 3 is 2.49 bits per heavy atom. The number of nitrogens with one attached hydrogen (secondary N) is 1. The number of rotatable bonds is 10. The molecule has 0 fully saturated rings. The molecule has 0 unspecified atom stereocenters. The Morgan fingerprint density at radius 2 is 1.83 bits per heavy atom. The molecule has 10 heteroatoms. The van der Waals surface area contributed by atoms with Crippen LogP contribution in [0.4, 0.5) is 14.9 Å². The van der Waals surface area contributed by atoms with Gasteiger partial charge in [-0.25, -0.2) is 9.18 Å². The summed E-state index contributed by atoms with van der Waals surface area (Å²) in [6, 6.07) is 12.1. The summed E-state index contributed by atoms with van der Waals surface area (Å²) in [5.74, 6) is 0.520. The SMILES string of the molecule is C[C@@H](OC(=O)Nc1c(Cl)coc1-c1ccc(OCOCC[Si](C)(C)C)cc1)c1ccc(F)cc1Cl. The first kappa shape index (κ1) is 27.1. The van der Waals surface area contributed by atoms with Gasteiger partial charge in [-0.15, -0.1) is 0 Å². The number of hydrogen-bond donors (Lipinski definition) is 1. The molecule has 0 aliphatic carbocycles. The summed E-state index contributed by atoms with van der Waals surface area (Å²) in [4.78, 5) is 12.5. The number of hydrogen-bond acceptors (Lipinski definition) is 5. The number of halogens is 3. The van der Waals surface area contributed by atoms with Crippen molar-refractivity contribution < 1.29 is 27.8 Å². The molecule has 0 spiro atoms. The van der Waals surface area contributed by atoms with Gasteiger partial charge in [-0.2, -0.15) is 0 Å². The lowest BCUT2D eigenvalue weighted by molar-refractivity contribution is 0.0220. The van der Waals surface area contributed by atoms with Crippen LogP contribution in [0.2, 0.25) is 35.7 Å². The minimum Gasteiger partial charge on any atom is -0.468 e. The summed E-state index contributed by atoms with van der Waals surface area (Å²) in [5.41, 5.74) is 1.41. The van der Waals surface area contributed by atoms with Gasteiger partial charge in [0.25, 0.3) is 0 Å². The van der Waals surface area contributed by atoms with E-state index in [0.29, 0.717) is 29.2 Å². The van der Waals surface area contributed by atoms with E-state index in [2.05, 4.69) is 25.0 Å². The topological polar surface area (TPSA) is 69.9 Å². The van der Waals surface area contributed by atoms with Crippen molar-refractivity contribution in [1.29, 1.82) is 0 Å². The third-order valence-electron chi connectivity index (χ3n) is 5.08. The van der Waals surface area contributed by atoms with Crippen LogP contribution in [0.1, 0.15) is 18.6 Å². The Morgan fingerprint density at radius 1 is 1.11 bits per heavy atom. The second-order valence-electron chi connectivity index (χ2n) is 9.13. The second-order valence-corrected chi connectivity index (χ2v) is 15.6. The van der Waals surface area contributed by atoms with Gasteiger partial charge in [-0.1, -0.05) is 48.9 Å². The van der Waals surface area contributed by atoms with E-state index >= 15 is 0 Å². The molecule has 0 radical (unpaired) electrons. The lowest BCUT2D eigenvalue weighted by Crippen LogP contribution is -2.22. The first-order chi connectivity index (χ1) is 16.5. The van der Waals surface area contributed by atoms with Gasteiger partial charge in [-0.05, 0) is 49.4 Å². The maximum Gasteiger partial charge on any atom is 0.412 e. The van der Waals surface area contributed by atoms with Gasteiger partial charge in [0.1, 0.15) is 34.6 Å². The molecular weight excluding hydrogens is 512 g/mol. The molecule has 0 aliphatic heterocycles. The molecule has 3 aromatic rings. The van der Waals surface area contributed by atoms with Gasteiger partial charge in [0.2, 0.25) is 0 Å². The summed E-state index contributed by atoms with van der Waals surface area (Å²) < 4.78 is 35.4. The number of benzene rings is 2. The highest BCUT2D eigenvalue weighted by Gasteiger charge is 2.20. The average molecular weight is 540 g/mol. The van der Waals surface area contributed by atoms with Gasteiger partial charge in [-0.3, -0.25) is 5.32 Å². The zero-order valence-electron chi connectivity index (χ0n) is 20.0. The molecule has 0 bridgehead atoms. The minimum atomic E-state index is -1.14. The molecule has 1 aromatic heterocycles. The monoisotopic (exact) mass is 539 g/mol. The van der Waals surface area contributed by atoms with Crippen molar-refractivity contribution in [3.63, 3.8) is 0 Å². The molecular formula is C25H28Cl2FNO5Si. The molecule has 1 N–H and O–H groups in total. The van der Waals surface area contributed by atoms with Gasteiger partial charge in [0.15, 0.2) is 12.6 Å². The summed E-state index contributed by atoms with van der Waals surface area (Å²) in [5, 5.41) is 2.98. The van der Waals surface area contributed by atoms with Crippen molar-refractivity contribution in [1.82, 2.24) is 0 Å². The minimum absolute atomic E-state index is 0.163. The van der Waals surface area contributed by atoms with Crippen LogP contribution >= 0.6 is 23.2 Å².